The van der Waals surface area contributed by atoms with Gasteiger partial charge in [0.05, 0.1) is 0 Å². The summed E-state index contributed by atoms with van der Waals surface area (Å²) >= 11 is 1.61. The number of amides is 2. The maximum absolute atomic E-state index is 11.5. The SMILES string of the molecule is Cc1ccc(Sc2ccnc(N(C)CCNC(=O)N(C)C)n2)cc1. The molecule has 0 saturated carbocycles. The van der Waals surface area contributed by atoms with Gasteiger partial charge in [-0.25, -0.2) is 14.8 Å². The molecule has 0 saturated heterocycles. The molecule has 128 valence electrons. The van der Waals surface area contributed by atoms with Crippen LogP contribution in [0.4, 0.5) is 10.7 Å². The molecule has 0 atom stereocenters. The summed E-state index contributed by atoms with van der Waals surface area (Å²) in [7, 11) is 5.35. The molecule has 1 aromatic carbocycles. The van der Waals surface area contributed by atoms with Gasteiger partial charge in [-0.1, -0.05) is 29.5 Å². The number of rotatable bonds is 6. The average molecular weight is 345 g/mol. The first-order valence-electron chi connectivity index (χ1n) is 7.69. The minimum absolute atomic E-state index is 0.104. The van der Waals surface area contributed by atoms with E-state index in [1.807, 2.05) is 18.0 Å². The van der Waals surface area contributed by atoms with Crippen LogP contribution in [0.5, 0.6) is 0 Å². The van der Waals surface area contributed by atoms with E-state index in [1.165, 1.54) is 10.5 Å². The summed E-state index contributed by atoms with van der Waals surface area (Å²) in [5, 5.41) is 3.72. The predicted molar refractivity (Wildman–Crippen MR) is 97.7 cm³/mol. The lowest BCUT2D eigenvalue weighted by Crippen LogP contribution is -2.39. The van der Waals surface area contributed by atoms with Gasteiger partial charge >= 0.3 is 6.03 Å². The molecule has 0 fully saturated rings. The van der Waals surface area contributed by atoms with Crippen molar-refractivity contribution in [2.24, 2.45) is 0 Å². The summed E-state index contributed by atoms with van der Waals surface area (Å²) < 4.78 is 0. The number of nitrogens with one attached hydrogen (secondary N) is 1. The van der Waals surface area contributed by atoms with Crippen LogP contribution in [0, 0.1) is 6.92 Å². The van der Waals surface area contributed by atoms with Crippen molar-refractivity contribution in [3.8, 4) is 0 Å². The van der Waals surface area contributed by atoms with Gasteiger partial charge in [0.15, 0.2) is 0 Å². The van der Waals surface area contributed by atoms with E-state index >= 15 is 0 Å². The molecule has 2 amide bonds. The van der Waals surface area contributed by atoms with Gasteiger partial charge < -0.3 is 15.1 Å². The van der Waals surface area contributed by atoms with Gasteiger partial charge in [0.2, 0.25) is 5.95 Å². The molecule has 0 spiro atoms. The Balaban J connectivity index is 1.93. The van der Waals surface area contributed by atoms with Gasteiger partial charge in [-0.3, -0.25) is 0 Å². The Labute approximate surface area is 147 Å². The minimum Gasteiger partial charge on any atom is -0.342 e. The van der Waals surface area contributed by atoms with Crippen LogP contribution in [0.15, 0.2) is 46.5 Å². The fourth-order valence-electron chi connectivity index (χ4n) is 1.89. The van der Waals surface area contributed by atoms with E-state index < -0.39 is 0 Å². The molecule has 0 aliphatic carbocycles. The lowest BCUT2D eigenvalue weighted by Gasteiger charge is -2.18. The second-order valence-corrected chi connectivity index (χ2v) is 6.75. The predicted octanol–water partition coefficient (Wildman–Crippen LogP) is 2.64. The number of benzene rings is 1. The quantitative estimate of drug-likeness (QED) is 0.816. The van der Waals surface area contributed by atoms with E-state index in [-0.39, 0.29) is 6.03 Å². The number of hydrogen-bond acceptors (Lipinski definition) is 5. The van der Waals surface area contributed by atoms with E-state index in [0.717, 1.165) is 9.92 Å². The number of hydrogen-bond donors (Lipinski definition) is 1. The molecule has 2 rings (SSSR count). The topological polar surface area (TPSA) is 61.4 Å². The zero-order chi connectivity index (χ0) is 17.5. The van der Waals surface area contributed by atoms with Crippen molar-refractivity contribution in [2.45, 2.75) is 16.8 Å². The largest absolute Gasteiger partial charge is 0.342 e. The summed E-state index contributed by atoms with van der Waals surface area (Å²) in [5.41, 5.74) is 1.24. The van der Waals surface area contributed by atoms with Crippen LogP contribution in [-0.4, -0.2) is 55.1 Å². The molecule has 0 unspecified atom stereocenters. The Morgan fingerprint density at radius 3 is 2.54 bits per heavy atom. The monoisotopic (exact) mass is 345 g/mol. The van der Waals surface area contributed by atoms with E-state index in [0.29, 0.717) is 19.0 Å². The minimum atomic E-state index is -0.104. The molecule has 0 radical (unpaired) electrons. The summed E-state index contributed by atoms with van der Waals surface area (Å²) in [5.74, 6) is 0.645. The summed E-state index contributed by atoms with van der Waals surface area (Å²) in [4.78, 5) is 25.0. The molecule has 0 bridgehead atoms. The number of nitrogens with zero attached hydrogens (tertiary/aromatic N) is 4. The first-order valence-corrected chi connectivity index (χ1v) is 8.51. The van der Waals surface area contributed by atoms with E-state index in [4.69, 9.17) is 0 Å². The zero-order valence-corrected chi connectivity index (χ0v) is 15.3. The van der Waals surface area contributed by atoms with Crippen molar-refractivity contribution in [1.29, 1.82) is 0 Å². The summed E-state index contributed by atoms with van der Waals surface area (Å²) in [6, 6.07) is 10.1. The lowest BCUT2D eigenvalue weighted by molar-refractivity contribution is 0.217. The van der Waals surface area contributed by atoms with Crippen LogP contribution >= 0.6 is 11.8 Å². The Morgan fingerprint density at radius 1 is 1.17 bits per heavy atom. The Bertz CT molecular complexity index is 675. The van der Waals surface area contributed by atoms with Crippen molar-refractivity contribution in [3.63, 3.8) is 0 Å². The van der Waals surface area contributed by atoms with Gasteiger partial charge in [0, 0.05) is 45.3 Å². The van der Waals surface area contributed by atoms with Crippen molar-refractivity contribution in [3.05, 3.63) is 42.1 Å². The second-order valence-electron chi connectivity index (χ2n) is 5.66. The van der Waals surface area contributed by atoms with Gasteiger partial charge in [-0.15, -0.1) is 0 Å². The Morgan fingerprint density at radius 2 is 1.88 bits per heavy atom. The van der Waals surface area contributed by atoms with Crippen LogP contribution in [0.1, 0.15) is 5.56 Å². The standard InChI is InChI=1S/C17H23N5OS/c1-13-5-7-14(8-6-13)24-15-9-10-18-16(20-15)22(4)12-11-19-17(23)21(2)3/h5-10H,11-12H2,1-4H3,(H,19,23). The number of carbonyl (C=O) groups is 1. The van der Waals surface area contributed by atoms with Crippen LogP contribution in [0.2, 0.25) is 0 Å². The van der Waals surface area contributed by atoms with Crippen LogP contribution < -0.4 is 10.2 Å². The van der Waals surface area contributed by atoms with Crippen LogP contribution in [0.25, 0.3) is 0 Å². The number of anilines is 1. The molecule has 24 heavy (non-hydrogen) atoms. The second kappa shape index (κ2) is 8.54. The fourth-order valence-corrected chi connectivity index (χ4v) is 2.66. The number of carbonyl (C=O) groups excluding carboxylic acids is 1. The molecule has 1 N–H and O–H groups in total. The highest BCUT2D eigenvalue weighted by Gasteiger charge is 2.08. The fraction of sp³-hybridized carbons (Fsp3) is 0.353. The van der Waals surface area contributed by atoms with Crippen molar-refractivity contribution in [2.75, 3.05) is 39.1 Å². The normalized spacial score (nSPS) is 10.3. The highest BCUT2D eigenvalue weighted by molar-refractivity contribution is 7.99. The first-order chi connectivity index (χ1) is 11.5. The molecular weight excluding hydrogens is 322 g/mol. The zero-order valence-electron chi connectivity index (χ0n) is 14.5. The smallest absolute Gasteiger partial charge is 0.316 e. The Kier molecular flexibility index (Phi) is 6.43. The highest BCUT2D eigenvalue weighted by Crippen LogP contribution is 2.26. The third-order valence-electron chi connectivity index (χ3n) is 3.33. The van der Waals surface area contributed by atoms with Gasteiger partial charge in [0.1, 0.15) is 5.03 Å². The lowest BCUT2D eigenvalue weighted by atomic mass is 10.2. The van der Waals surface area contributed by atoms with Crippen molar-refractivity contribution < 1.29 is 4.79 Å². The molecule has 0 aliphatic rings. The molecule has 2 aromatic rings. The van der Waals surface area contributed by atoms with Gasteiger partial charge in [-0.05, 0) is 25.1 Å². The maximum atomic E-state index is 11.5. The first kappa shape index (κ1) is 18.1. The molecule has 1 aromatic heterocycles. The molecule has 6 nitrogen and oxygen atoms in total. The average Bonchev–Trinajstić information content (AvgIpc) is 2.57. The van der Waals surface area contributed by atoms with E-state index in [9.17, 15) is 4.79 Å². The maximum Gasteiger partial charge on any atom is 0.316 e. The Hall–Kier alpha value is -2.28. The van der Waals surface area contributed by atoms with E-state index in [2.05, 4.69) is 46.5 Å². The van der Waals surface area contributed by atoms with Crippen molar-refractivity contribution in [1.82, 2.24) is 20.2 Å². The van der Waals surface area contributed by atoms with Crippen LogP contribution in [0.3, 0.4) is 0 Å². The third kappa shape index (κ3) is 5.42. The summed E-state index contributed by atoms with van der Waals surface area (Å²) in [6.45, 7) is 3.24. The number of aromatic nitrogens is 2. The number of urea groups is 1. The number of aryl methyl sites for hydroxylation is 1. The van der Waals surface area contributed by atoms with Gasteiger partial charge in [-0.2, -0.15) is 0 Å². The number of likely N-dealkylation sites (N-methyl/N-ethyl adjacent to an activating group) is 1. The summed E-state index contributed by atoms with van der Waals surface area (Å²) in [6.07, 6.45) is 1.76. The molecular formula is C17H23N5OS. The van der Waals surface area contributed by atoms with E-state index in [1.54, 1.807) is 32.1 Å². The van der Waals surface area contributed by atoms with Gasteiger partial charge in [0.25, 0.3) is 0 Å². The van der Waals surface area contributed by atoms with Crippen LogP contribution in [-0.2, 0) is 0 Å². The molecule has 7 heteroatoms. The molecule has 0 aliphatic heterocycles. The third-order valence-corrected chi connectivity index (χ3v) is 4.28. The highest BCUT2D eigenvalue weighted by atomic mass is 32.2. The molecule has 1 heterocycles. The van der Waals surface area contributed by atoms with Crippen molar-refractivity contribution >= 4 is 23.7 Å².